The minimum atomic E-state index is -0.00581. The number of aliphatic hydroxyl groups is 1. The van der Waals surface area contributed by atoms with Gasteiger partial charge in [0.2, 0.25) is 0 Å². The molecule has 2 aromatic rings. The first-order valence-electron chi connectivity index (χ1n) is 5.12. The number of aryl methyl sites for hydroxylation is 1. The molecule has 2 rings (SSSR count). The molecule has 0 radical (unpaired) electrons. The summed E-state index contributed by atoms with van der Waals surface area (Å²) < 4.78 is 6.51. The molecule has 0 saturated heterocycles. The number of hydrogen-bond donors (Lipinski definition) is 1. The van der Waals surface area contributed by atoms with Gasteiger partial charge in [-0.1, -0.05) is 15.9 Å². The first kappa shape index (κ1) is 12.5. The number of aliphatic hydroxyl groups excluding tert-OH is 1. The number of benzene rings is 1. The van der Waals surface area contributed by atoms with Crippen molar-refractivity contribution < 1.29 is 9.84 Å². The van der Waals surface area contributed by atoms with Gasteiger partial charge in [0.05, 0.1) is 6.61 Å². The highest BCUT2D eigenvalue weighted by atomic mass is 79.9. The van der Waals surface area contributed by atoms with Crippen molar-refractivity contribution in [2.75, 3.05) is 0 Å². The summed E-state index contributed by atoms with van der Waals surface area (Å²) in [5, 5.41) is 12.1. The highest BCUT2D eigenvalue weighted by molar-refractivity contribution is 9.10. The van der Waals surface area contributed by atoms with E-state index in [1.807, 2.05) is 30.5 Å². The Bertz CT molecular complexity index is 513. The van der Waals surface area contributed by atoms with Crippen molar-refractivity contribution in [3.8, 4) is 5.75 Å². The summed E-state index contributed by atoms with van der Waals surface area (Å²) in [5.74, 6) is 0.741. The first-order chi connectivity index (χ1) is 8.19. The van der Waals surface area contributed by atoms with E-state index in [2.05, 4.69) is 20.9 Å². The van der Waals surface area contributed by atoms with Crippen LogP contribution in [-0.4, -0.2) is 10.1 Å². The molecule has 1 aromatic carbocycles. The first-order valence-corrected chi connectivity index (χ1v) is 6.79. The molecule has 0 atom stereocenters. The smallest absolute Gasteiger partial charge is 0.140 e. The van der Waals surface area contributed by atoms with E-state index < -0.39 is 0 Å². The molecule has 0 saturated carbocycles. The van der Waals surface area contributed by atoms with Gasteiger partial charge >= 0.3 is 0 Å². The number of hydrogen-bond acceptors (Lipinski definition) is 4. The summed E-state index contributed by atoms with van der Waals surface area (Å²) in [5.41, 5.74) is 1.83. The molecule has 1 N–H and O–H groups in total. The summed E-state index contributed by atoms with van der Waals surface area (Å²) in [6, 6.07) is 5.56. The lowest BCUT2D eigenvalue weighted by atomic mass is 10.2. The predicted molar refractivity (Wildman–Crippen MR) is 71.2 cm³/mol. The Morgan fingerprint density at radius 3 is 2.94 bits per heavy atom. The molecule has 0 spiro atoms. The largest absolute Gasteiger partial charge is 0.486 e. The Labute approximate surface area is 112 Å². The summed E-state index contributed by atoms with van der Waals surface area (Å²) in [4.78, 5) is 4.32. The average molecular weight is 314 g/mol. The second kappa shape index (κ2) is 5.62. The van der Waals surface area contributed by atoms with Crippen molar-refractivity contribution in [3.05, 3.63) is 44.3 Å². The number of ether oxygens (including phenoxy) is 1. The summed E-state index contributed by atoms with van der Waals surface area (Å²) in [7, 11) is 0. The van der Waals surface area contributed by atoms with E-state index in [1.165, 1.54) is 0 Å². The Hall–Kier alpha value is -0.910. The predicted octanol–water partition coefficient (Wildman–Crippen LogP) is 3.29. The van der Waals surface area contributed by atoms with Crippen LogP contribution in [-0.2, 0) is 13.2 Å². The topological polar surface area (TPSA) is 42.4 Å². The van der Waals surface area contributed by atoms with E-state index in [-0.39, 0.29) is 6.61 Å². The van der Waals surface area contributed by atoms with Crippen LogP contribution in [0, 0.1) is 6.92 Å². The van der Waals surface area contributed by atoms with Crippen LogP contribution in [0.4, 0.5) is 0 Å². The van der Waals surface area contributed by atoms with Gasteiger partial charge in [-0.2, -0.15) is 0 Å². The van der Waals surface area contributed by atoms with Crippen LogP contribution in [0.3, 0.4) is 0 Å². The van der Waals surface area contributed by atoms with E-state index in [4.69, 9.17) is 9.84 Å². The molecular weight excluding hydrogens is 302 g/mol. The van der Waals surface area contributed by atoms with Gasteiger partial charge in [-0.3, -0.25) is 0 Å². The molecule has 0 aliphatic rings. The fraction of sp³-hybridized carbons (Fsp3) is 0.250. The molecule has 5 heteroatoms. The molecule has 0 aliphatic carbocycles. The minimum absolute atomic E-state index is 0.00581. The Morgan fingerprint density at radius 2 is 2.29 bits per heavy atom. The maximum absolute atomic E-state index is 9.14. The molecule has 3 nitrogen and oxygen atoms in total. The van der Waals surface area contributed by atoms with Gasteiger partial charge in [0.15, 0.2) is 0 Å². The van der Waals surface area contributed by atoms with Crippen LogP contribution >= 0.6 is 27.3 Å². The van der Waals surface area contributed by atoms with Gasteiger partial charge in [0.1, 0.15) is 17.4 Å². The van der Waals surface area contributed by atoms with Crippen molar-refractivity contribution in [2.45, 2.75) is 20.1 Å². The van der Waals surface area contributed by atoms with Crippen LogP contribution in [0.5, 0.6) is 5.75 Å². The summed E-state index contributed by atoms with van der Waals surface area (Å²) >= 11 is 4.95. The molecule has 0 aliphatic heterocycles. The maximum atomic E-state index is 9.14. The quantitative estimate of drug-likeness (QED) is 0.942. The van der Waals surface area contributed by atoms with Crippen molar-refractivity contribution in [1.29, 1.82) is 0 Å². The molecule has 0 amide bonds. The number of nitrogens with zero attached hydrogens (tertiary/aromatic N) is 1. The van der Waals surface area contributed by atoms with E-state index in [0.717, 1.165) is 26.5 Å². The van der Waals surface area contributed by atoms with Crippen molar-refractivity contribution in [2.24, 2.45) is 0 Å². The van der Waals surface area contributed by atoms with Gasteiger partial charge in [-0.25, -0.2) is 4.98 Å². The number of aromatic nitrogens is 1. The standard InChI is InChI=1S/C12H12BrNO2S/c1-8-7-17-12(14-8)6-16-10-2-3-11(13)9(4-10)5-15/h2-4,7,15H,5-6H2,1H3. The third kappa shape index (κ3) is 3.28. The number of rotatable bonds is 4. The Kier molecular flexibility index (Phi) is 4.15. The molecule has 17 heavy (non-hydrogen) atoms. The van der Waals surface area contributed by atoms with Gasteiger partial charge in [0.25, 0.3) is 0 Å². The molecule has 0 unspecified atom stereocenters. The van der Waals surface area contributed by atoms with E-state index in [1.54, 1.807) is 11.3 Å². The fourth-order valence-corrected chi connectivity index (χ4v) is 2.43. The van der Waals surface area contributed by atoms with Crippen molar-refractivity contribution in [1.82, 2.24) is 4.98 Å². The second-order valence-electron chi connectivity index (χ2n) is 3.58. The van der Waals surface area contributed by atoms with Crippen LogP contribution in [0.15, 0.2) is 28.1 Å². The SMILES string of the molecule is Cc1csc(COc2ccc(Br)c(CO)c2)n1. The molecular formula is C12H12BrNO2S. The van der Waals surface area contributed by atoms with Crippen molar-refractivity contribution in [3.63, 3.8) is 0 Å². The lowest BCUT2D eigenvalue weighted by Gasteiger charge is -2.07. The molecule has 0 bridgehead atoms. The zero-order valence-corrected chi connectivity index (χ0v) is 11.7. The van der Waals surface area contributed by atoms with Gasteiger partial charge < -0.3 is 9.84 Å². The highest BCUT2D eigenvalue weighted by Crippen LogP contribution is 2.23. The normalized spacial score (nSPS) is 10.5. The van der Waals surface area contributed by atoms with E-state index in [9.17, 15) is 0 Å². The molecule has 1 aromatic heterocycles. The van der Waals surface area contributed by atoms with Crippen LogP contribution in [0.25, 0.3) is 0 Å². The third-order valence-corrected chi connectivity index (χ3v) is 3.93. The van der Waals surface area contributed by atoms with Gasteiger partial charge in [-0.15, -0.1) is 11.3 Å². The molecule has 1 heterocycles. The fourth-order valence-electron chi connectivity index (χ4n) is 1.38. The van der Waals surface area contributed by atoms with Crippen LogP contribution in [0.1, 0.15) is 16.3 Å². The summed E-state index contributed by atoms with van der Waals surface area (Å²) in [6.07, 6.45) is 0. The zero-order chi connectivity index (χ0) is 12.3. The maximum Gasteiger partial charge on any atom is 0.140 e. The third-order valence-electron chi connectivity index (χ3n) is 2.22. The van der Waals surface area contributed by atoms with E-state index in [0.29, 0.717) is 6.61 Å². The minimum Gasteiger partial charge on any atom is -0.486 e. The average Bonchev–Trinajstić information content (AvgIpc) is 2.74. The van der Waals surface area contributed by atoms with Crippen molar-refractivity contribution >= 4 is 27.3 Å². The molecule has 90 valence electrons. The Morgan fingerprint density at radius 1 is 1.47 bits per heavy atom. The highest BCUT2D eigenvalue weighted by Gasteiger charge is 2.03. The van der Waals surface area contributed by atoms with E-state index >= 15 is 0 Å². The molecule has 0 fully saturated rings. The number of halogens is 1. The second-order valence-corrected chi connectivity index (χ2v) is 5.38. The van der Waals surface area contributed by atoms with Crippen LogP contribution < -0.4 is 4.74 Å². The lowest BCUT2D eigenvalue weighted by molar-refractivity contribution is 0.277. The Balaban J connectivity index is 2.04. The zero-order valence-electron chi connectivity index (χ0n) is 9.31. The van der Waals surface area contributed by atoms with Gasteiger partial charge in [0, 0.05) is 15.5 Å². The van der Waals surface area contributed by atoms with Gasteiger partial charge in [-0.05, 0) is 30.7 Å². The summed E-state index contributed by atoms with van der Waals surface area (Å²) in [6.45, 7) is 2.42. The monoisotopic (exact) mass is 313 g/mol. The number of thiazole rings is 1. The van der Waals surface area contributed by atoms with Crippen LogP contribution in [0.2, 0.25) is 0 Å². The lowest BCUT2D eigenvalue weighted by Crippen LogP contribution is -1.96.